The molecule has 0 bridgehead atoms. The van der Waals surface area contributed by atoms with E-state index in [-0.39, 0.29) is 0 Å². The number of para-hydroxylation sites is 2. The average molecular weight is 541 g/mol. The lowest BCUT2D eigenvalue weighted by Gasteiger charge is -2.16. The normalized spacial score (nSPS) is 12.8. The second kappa shape index (κ2) is 12.2. The molecule has 0 saturated carbocycles. The summed E-state index contributed by atoms with van der Waals surface area (Å²) in [5.41, 5.74) is 6.60. The number of aryl methyl sites for hydroxylation is 1. The molecule has 0 spiro atoms. The maximum Gasteiger partial charge on any atom is 0.233 e. The summed E-state index contributed by atoms with van der Waals surface area (Å²) in [6, 6.07) is 32.4. The third-order valence-corrected chi connectivity index (χ3v) is 7.60. The number of fused-ring (bicyclic) bond motifs is 3. The number of benzene rings is 4. The number of nitrogens with zero attached hydrogens (tertiary/aromatic N) is 1. The molecule has 204 valence electrons. The van der Waals surface area contributed by atoms with Crippen molar-refractivity contribution in [2.24, 2.45) is 0 Å². The van der Waals surface area contributed by atoms with E-state index in [1.54, 1.807) is 12.1 Å². The van der Waals surface area contributed by atoms with E-state index >= 15 is 0 Å². The lowest BCUT2D eigenvalue weighted by Crippen LogP contribution is -2.19. The molecule has 0 unspecified atom stereocenters. The quantitative estimate of drug-likeness (QED) is 0.103. The van der Waals surface area contributed by atoms with Gasteiger partial charge in [0.25, 0.3) is 0 Å². The molecule has 1 aromatic heterocycles. The minimum absolute atomic E-state index is 0.429. The molecule has 0 amide bonds. The Morgan fingerprint density at radius 1 is 0.634 bits per heavy atom. The smallest absolute Gasteiger partial charge is 0.233 e. The zero-order valence-corrected chi connectivity index (χ0v) is 22.9. The van der Waals surface area contributed by atoms with Crippen molar-refractivity contribution in [3.05, 3.63) is 120 Å². The van der Waals surface area contributed by atoms with E-state index < -0.39 is 11.6 Å². The Kier molecular flexibility index (Phi) is 7.85. The average Bonchev–Trinajstić information content (AvgIpc) is 3.01. The second-order valence-electron chi connectivity index (χ2n) is 10.5. The zero-order chi connectivity index (χ0) is 28.0. The predicted octanol–water partition coefficient (Wildman–Crippen LogP) is 8.45. The third kappa shape index (κ3) is 5.90. The number of unbranched alkanes of at least 4 members (excludes halogenated alkanes) is 4. The fourth-order valence-electron chi connectivity index (χ4n) is 5.43. The number of carbonyl (C=O) groups excluding carboxylic acids is 2. The first-order valence-electron chi connectivity index (χ1n) is 14.3. The number of pyridine rings is 1. The Balaban J connectivity index is 0.957. The fourth-order valence-corrected chi connectivity index (χ4v) is 5.43. The molecule has 41 heavy (non-hydrogen) atoms. The number of rotatable bonds is 11. The van der Waals surface area contributed by atoms with E-state index in [9.17, 15) is 9.59 Å². The summed E-state index contributed by atoms with van der Waals surface area (Å²) in [7, 11) is 0. The largest absolute Gasteiger partial charge is 0.493 e. The molecule has 6 rings (SSSR count). The molecule has 5 nitrogen and oxygen atoms in total. The van der Waals surface area contributed by atoms with Crippen LogP contribution < -0.4 is 5.32 Å². The van der Waals surface area contributed by atoms with Gasteiger partial charge in [-0.25, -0.2) is 4.98 Å². The highest BCUT2D eigenvalue weighted by Crippen LogP contribution is 2.33. The van der Waals surface area contributed by atoms with Crippen molar-refractivity contribution < 1.29 is 14.3 Å². The van der Waals surface area contributed by atoms with Gasteiger partial charge in [0.15, 0.2) is 0 Å². The Morgan fingerprint density at radius 3 is 1.98 bits per heavy atom. The summed E-state index contributed by atoms with van der Waals surface area (Å²) in [4.78, 5) is 28.9. The number of ketones is 2. The van der Waals surface area contributed by atoms with Crippen molar-refractivity contribution in [3.8, 4) is 0 Å². The van der Waals surface area contributed by atoms with E-state index in [0.717, 1.165) is 71.7 Å². The topological polar surface area (TPSA) is 68.3 Å². The monoisotopic (exact) mass is 540 g/mol. The number of anilines is 2. The van der Waals surface area contributed by atoms with Crippen LogP contribution in [0.15, 0.2) is 103 Å². The van der Waals surface area contributed by atoms with Crippen LogP contribution in [0.3, 0.4) is 0 Å². The molecular formula is C36H32N2O3. The Labute approximate surface area is 239 Å². The van der Waals surface area contributed by atoms with Gasteiger partial charge >= 0.3 is 0 Å². The number of allylic oxidation sites excluding steroid dienone is 1. The Morgan fingerprint density at radius 2 is 1.24 bits per heavy atom. The number of carbonyl (C=O) groups is 2. The molecule has 1 aliphatic rings. The minimum atomic E-state index is -0.512. The van der Waals surface area contributed by atoms with Gasteiger partial charge < -0.3 is 10.1 Å². The second-order valence-corrected chi connectivity index (χ2v) is 10.5. The first-order valence-corrected chi connectivity index (χ1v) is 14.3. The standard InChI is InChI=1S/C36H32N2O3/c39-33-24-34(27-13-5-6-14-28(27)36(33)40)41-23-11-3-1-2-4-12-25-19-21-26(22-20-25)37-35-29-15-7-9-17-31(29)38-32-18-10-8-16-30(32)35/h5-10,13-22,24H,1-4,11-12,23H2,(H,37,38). The first-order chi connectivity index (χ1) is 20.2. The van der Waals surface area contributed by atoms with Gasteiger partial charge in [-0.15, -0.1) is 0 Å². The van der Waals surface area contributed by atoms with Crippen LogP contribution in [0.1, 0.15) is 53.6 Å². The maximum atomic E-state index is 12.1. The van der Waals surface area contributed by atoms with Crippen molar-refractivity contribution >= 4 is 50.5 Å². The molecule has 5 aromatic rings. The van der Waals surface area contributed by atoms with Crippen molar-refractivity contribution in [3.63, 3.8) is 0 Å². The van der Waals surface area contributed by atoms with Crippen LogP contribution in [-0.2, 0) is 16.0 Å². The first kappa shape index (κ1) is 26.5. The number of hydrogen-bond acceptors (Lipinski definition) is 5. The zero-order valence-electron chi connectivity index (χ0n) is 22.9. The van der Waals surface area contributed by atoms with Crippen LogP contribution in [0.5, 0.6) is 0 Å². The molecule has 4 aromatic carbocycles. The number of hydrogen-bond donors (Lipinski definition) is 1. The van der Waals surface area contributed by atoms with Gasteiger partial charge in [-0.2, -0.15) is 0 Å². The number of Topliss-reactive ketones (excluding diaryl/α,β-unsaturated/α-hetero) is 1. The summed E-state index contributed by atoms with van der Waals surface area (Å²) >= 11 is 0. The van der Waals surface area contributed by atoms with Gasteiger partial charge in [0.05, 0.1) is 23.3 Å². The highest BCUT2D eigenvalue weighted by Gasteiger charge is 2.26. The minimum Gasteiger partial charge on any atom is -0.493 e. The van der Waals surface area contributed by atoms with Crippen LogP contribution in [-0.4, -0.2) is 23.2 Å². The van der Waals surface area contributed by atoms with E-state index in [2.05, 4.69) is 66.0 Å². The van der Waals surface area contributed by atoms with E-state index in [1.165, 1.54) is 11.6 Å². The number of nitrogens with one attached hydrogen (secondary N) is 1. The molecule has 1 aliphatic carbocycles. The van der Waals surface area contributed by atoms with Crippen molar-refractivity contribution in [2.75, 3.05) is 11.9 Å². The number of aromatic nitrogens is 1. The highest BCUT2D eigenvalue weighted by atomic mass is 16.5. The summed E-state index contributed by atoms with van der Waals surface area (Å²) in [5, 5.41) is 5.89. The van der Waals surface area contributed by atoms with Crippen molar-refractivity contribution in [2.45, 2.75) is 38.5 Å². The molecule has 0 aliphatic heterocycles. The summed E-state index contributed by atoms with van der Waals surface area (Å²) < 4.78 is 5.88. The van der Waals surface area contributed by atoms with Crippen LogP contribution in [0.4, 0.5) is 11.4 Å². The maximum absolute atomic E-state index is 12.1. The van der Waals surface area contributed by atoms with Gasteiger partial charge in [0, 0.05) is 33.7 Å². The molecule has 5 heteroatoms. The molecule has 1 heterocycles. The molecule has 0 fully saturated rings. The van der Waals surface area contributed by atoms with Crippen LogP contribution in [0, 0.1) is 0 Å². The molecule has 0 radical (unpaired) electrons. The van der Waals surface area contributed by atoms with E-state index in [4.69, 9.17) is 9.72 Å². The Hall–Kier alpha value is -4.77. The van der Waals surface area contributed by atoms with Gasteiger partial charge in [0.2, 0.25) is 11.6 Å². The van der Waals surface area contributed by atoms with Crippen LogP contribution in [0.2, 0.25) is 0 Å². The fraction of sp³-hybridized carbons (Fsp3) is 0.194. The van der Waals surface area contributed by atoms with E-state index in [0.29, 0.717) is 23.5 Å². The van der Waals surface area contributed by atoms with Gasteiger partial charge in [-0.05, 0) is 49.1 Å². The van der Waals surface area contributed by atoms with Crippen LogP contribution in [0.25, 0.3) is 27.6 Å². The lowest BCUT2D eigenvalue weighted by atomic mass is 9.94. The highest BCUT2D eigenvalue weighted by molar-refractivity contribution is 6.50. The molecular weight excluding hydrogens is 508 g/mol. The van der Waals surface area contributed by atoms with Gasteiger partial charge in [-0.1, -0.05) is 92.1 Å². The van der Waals surface area contributed by atoms with Gasteiger partial charge in [-0.3, -0.25) is 9.59 Å². The summed E-state index contributed by atoms with van der Waals surface area (Å²) in [6.45, 7) is 0.540. The molecule has 1 N–H and O–H groups in total. The van der Waals surface area contributed by atoms with Crippen LogP contribution >= 0.6 is 0 Å². The molecule has 0 saturated heterocycles. The molecule has 0 atom stereocenters. The van der Waals surface area contributed by atoms with Gasteiger partial charge in [0.1, 0.15) is 5.76 Å². The van der Waals surface area contributed by atoms with E-state index in [1.807, 2.05) is 24.3 Å². The Bertz CT molecular complexity index is 1700. The third-order valence-electron chi connectivity index (χ3n) is 7.60. The summed E-state index contributed by atoms with van der Waals surface area (Å²) in [6.07, 6.45) is 7.80. The summed E-state index contributed by atoms with van der Waals surface area (Å²) in [5.74, 6) is -0.467. The van der Waals surface area contributed by atoms with Crippen molar-refractivity contribution in [1.29, 1.82) is 0 Å². The SMILES string of the molecule is O=C1C=C(OCCCCCCCc2ccc(Nc3c4ccccc4nc4ccccc34)cc2)c2ccccc2C1=O. The lowest BCUT2D eigenvalue weighted by molar-refractivity contribution is -0.111. The predicted molar refractivity (Wildman–Crippen MR) is 165 cm³/mol. The van der Waals surface area contributed by atoms with Crippen molar-refractivity contribution in [1.82, 2.24) is 4.98 Å². The number of ether oxygens (including phenoxy) is 1.